The topological polar surface area (TPSA) is 20.2 Å². The van der Waals surface area contributed by atoms with Crippen molar-refractivity contribution < 1.29 is 5.11 Å². The van der Waals surface area contributed by atoms with E-state index in [9.17, 15) is 5.11 Å². The van der Waals surface area contributed by atoms with Gasteiger partial charge in [-0.1, -0.05) is 91.0 Å². The molecule has 0 amide bonds. The number of benzene rings is 4. The van der Waals surface area contributed by atoms with E-state index in [0.29, 0.717) is 0 Å². The van der Waals surface area contributed by atoms with Crippen LogP contribution in [0.25, 0.3) is 0 Å². The smallest absolute Gasteiger partial charge is 0.124 e. The molecular weight excluding hydrogens is 473 g/mol. The number of phenolic OH excluding ortho intramolecular Hbond substituents is 1. The van der Waals surface area contributed by atoms with Crippen LogP contribution < -0.4 is 0 Å². The molecular formula is C30H30OS3. The van der Waals surface area contributed by atoms with Gasteiger partial charge in [-0.25, -0.2) is 0 Å². The van der Waals surface area contributed by atoms with Gasteiger partial charge in [0.15, 0.2) is 0 Å². The van der Waals surface area contributed by atoms with Gasteiger partial charge in [0.25, 0.3) is 0 Å². The van der Waals surface area contributed by atoms with Gasteiger partial charge in [0.1, 0.15) is 5.75 Å². The highest BCUT2D eigenvalue weighted by molar-refractivity contribution is 7.81. The molecule has 0 radical (unpaired) electrons. The van der Waals surface area contributed by atoms with Crippen LogP contribution in [-0.4, -0.2) is 5.11 Å². The van der Waals surface area contributed by atoms with Gasteiger partial charge < -0.3 is 5.11 Å². The van der Waals surface area contributed by atoms with E-state index in [2.05, 4.69) is 60.7 Å². The quantitative estimate of drug-likeness (QED) is 0.171. The van der Waals surface area contributed by atoms with Crippen LogP contribution in [-0.2, 0) is 19.3 Å². The Bertz CT molecular complexity index is 1110. The summed E-state index contributed by atoms with van der Waals surface area (Å²) in [6, 6.07) is 35.1. The Hall–Kier alpha value is -2.27. The normalized spacial score (nSPS) is 13.9. The van der Waals surface area contributed by atoms with Crippen LogP contribution in [0, 0.1) is 0 Å². The zero-order valence-electron chi connectivity index (χ0n) is 19.0. The standard InChI is InChI=1S/C30H30OS3/c31-30-25(28(33)17-22-12-6-2-7-13-22)19-24(27(32)16-21-10-4-1-5-11-21)20-26(30)29(34)18-23-14-8-3-9-15-23/h1-15,19-20,27-29,31-34H,16-18H2. The Labute approximate surface area is 219 Å². The summed E-state index contributed by atoms with van der Waals surface area (Å²) in [5.74, 6) is 0.288. The lowest BCUT2D eigenvalue weighted by Crippen LogP contribution is -2.06. The Morgan fingerprint density at radius 1 is 0.500 bits per heavy atom. The number of thiol groups is 3. The Kier molecular flexibility index (Phi) is 8.71. The van der Waals surface area contributed by atoms with Crippen LogP contribution >= 0.6 is 37.9 Å². The summed E-state index contributed by atoms with van der Waals surface area (Å²) in [6.45, 7) is 0. The zero-order chi connectivity index (χ0) is 23.9. The lowest BCUT2D eigenvalue weighted by atomic mass is 9.92. The minimum atomic E-state index is -0.143. The SMILES string of the molecule is Oc1c(C(S)Cc2ccccc2)cc(C(S)Cc2ccccc2)cc1C(S)Cc1ccccc1. The minimum absolute atomic E-state index is 0.00461. The molecule has 0 aromatic heterocycles. The third-order valence-electron chi connectivity index (χ3n) is 6.11. The molecule has 3 atom stereocenters. The van der Waals surface area contributed by atoms with E-state index < -0.39 is 0 Å². The largest absolute Gasteiger partial charge is 0.507 e. The van der Waals surface area contributed by atoms with E-state index in [1.54, 1.807) is 0 Å². The maximum atomic E-state index is 11.4. The first-order valence-electron chi connectivity index (χ1n) is 11.5. The van der Waals surface area contributed by atoms with Gasteiger partial charge in [0.2, 0.25) is 0 Å². The molecule has 4 heteroatoms. The Morgan fingerprint density at radius 2 is 0.824 bits per heavy atom. The lowest BCUT2D eigenvalue weighted by Gasteiger charge is -2.23. The van der Waals surface area contributed by atoms with Gasteiger partial charge in [-0.2, -0.15) is 37.9 Å². The first-order valence-corrected chi connectivity index (χ1v) is 13.1. The Morgan fingerprint density at radius 3 is 1.18 bits per heavy atom. The zero-order valence-corrected chi connectivity index (χ0v) is 21.6. The van der Waals surface area contributed by atoms with Crippen molar-refractivity contribution in [1.29, 1.82) is 0 Å². The Balaban J connectivity index is 1.68. The number of hydrogen-bond acceptors (Lipinski definition) is 4. The highest BCUT2D eigenvalue weighted by atomic mass is 32.1. The van der Waals surface area contributed by atoms with Crippen LogP contribution in [0.2, 0.25) is 0 Å². The van der Waals surface area contributed by atoms with Crippen molar-refractivity contribution in [3.8, 4) is 5.75 Å². The molecule has 0 saturated carbocycles. The molecule has 4 rings (SSSR count). The number of hydrogen-bond donors (Lipinski definition) is 4. The van der Waals surface area contributed by atoms with E-state index in [0.717, 1.165) is 36.0 Å². The average molecular weight is 503 g/mol. The molecule has 0 heterocycles. The van der Waals surface area contributed by atoms with Gasteiger partial charge in [-0.05, 0) is 53.6 Å². The number of rotatable bonds is 9. The van der Waals surface area contributed by atoms with Gasteiger partial charge in [-0.3, -0.25) is 0 Å². The molecule has 174 valence electrons. The average Bonchev–Trinajstić information content (AvgIpc) is 2.86. The molecule has 0 aliphatic heterocycles. The van der Waals surface area contributed by atoms with Gasteiger partial charge in [0.05, 0.1) is 0 Å². The summed E-state index contributed by atoms with van der Waals surface area (Å²) >= 11 is 14.8. The summed E-state index contributed by atoms with van der Waals surface area (Å²) in [7, 11) is 0. The highest BCUT2D eigenvalue weighted by Gasteiger charge is 2.22. The van der Waals surface area contributed by atoms with Crippen LogP contribution in [0.4, 0.5) is 0 Å². The second-order valence-corrected chi connectivity index (χ2v) is 10.5. The van der Waals surface area contributed by atoms with E-state index >= 15 is 0 Å². The molecule has 0 aliphatic rings. The van der Waals surface area contributed by atoms with Crippen molar-refractivity contribution in [3.63, 3.8) is 0 Å². The van der Waals surface area contributed by atoms with Gasteiger partial charge in [-0.15, -0.1) is 0 Å². The second kappa shape index (κ2) is 11.9. The second-order valence-electron chi connectivity index (χ2n) is 8.66. The maximum Gasteiger partial charge on any atom is 0.124 e. The summed E-state index contributed by atoms with van der Waals surface area (Å²) in [6.07, 6.45) is 2.26. The molecule has 3 unspecified atom stereocenters. The highest BCUT2D eigenvalue weighted by Crippen LogP contribution is 2.42. The van der Waals surface area contributed by atoms with E-state index in [1.807, 2.05) is 42.5 Å². The minimum Gasteiger partial charge on any atom is -0.507 e. The molecule has 1 nitrogen and oxygen atoms in total. The van der Waals surface area contributed by atoms with Crippen LogP contribution in [0.3, 0.4) is 0 Å². The molecule has 0 saturated heterocycles. The molecule has 4 aromatic carbocycles. The predicted octanol–water partition coefficient (Wildman–Crippen LogP) is 8.03. The molecule has 0 aliphatic carbocycles. The van der Waals surface area contributed by atoms with Crippen molar-refractivity contribution >= 4 is 37.9 Å². The molecule has 4 aromatic rings. The molecule has 0 fully saturated rings. The third-order valence-corrected chi connectivity index (χ3v) is 7.51. The van der Waals surface area contributed by atoms with Gasteiger partial charge >= 0.3 is 0 Å². The summed E-state index contributed by atoms with van der Waals surface area (Å²) in [4.78, 5) is 0. The summed E-state index contributed by atoms with van der Waals surface area (Å²) in [5, 5.41) is 11.1. The van der Waals surface area contributed by atoms with Gasteiger partial charge in [0, 0.05) is 26.9 Å². The lowest BCUT2D eigenvalue weighted by molar-refractivity contribution is 0.459. The first kappa shape index (κ1) is 24.8. The fourth-order valence-electron chi connectivity index (χ4n) is 4.25. The van der Waals surface area contributed by atoms with E-state index in [-0.39, 0.29) is 21.5 Å². The van der Waals surface area contributed by atoms with E-state index in [4.69, 9.17) is 37.9 Å². The number of aromatic hydroxyl groups is 1. The molecule has 0 bridgehead atoms. The maximum absolute atomic E-state index is 11.4. The first-order chi connectivity index (χ1) is 16.5. The fraction of sp³-hybridized carbons (Fsp3) is 0.200. The molecule has 0 spiro atoms. The third kappa shape index (κ3) is 6.44. The summed E-state index contributed by atoms with van der Waals surface area (Å²) < 4.78 is 0. The van der Waals surface area contributed by atoms with Crippen LogP contribution in [0.1, 0.15) is 49.1 Å². The van der Waals surface area contributed by atoms with Crippen LogP contribution in [0.5, 0.6) is 5.75 Å². The monoisotopic (exact) mass is 502 g/mol. The predicted molar refractivity (Wildman–Crippen MR) is 154 cm³/mol. The van der Waals surface area contributed by atoms with Crippen molar-refractivity contribution in [2.75, 3.05) is 0 Å². The van der Waals surface area contributed by atoms with Crippen molar-refractivity contribution in [3.05, 3.63) is 137 Å². The van der Waals surface area contributed by atoms with Crippen molar-refractivity contribution in [2.45, 2.75) is 35.0 Å². The summed E-state index contributed by atoms with van der Waals surface area (Å²) in [5.41, 5.74) is 6.35. The van der Waals surface area contributed by atoms with Crippen LogP contribution in [0.15, 0.2) is 103 Å². The molecule has 1 N–H and O–H groups in total. The van der Waals surface area contributed by atoms with Crippen molar-refractivity contribution in [1.82, 2.24) is 0 Å². The fourth-order valence-corrected chi connectivity index (χ4v) is 5.43. The molecule has 34 heavy (non-hydrogen) atoms. The van der Waals surface area contributed by atoms with Crippen molar-refractivity contribution in [2.24, 2.45) is 0 Å². The number of phenols is 1. The van der Waals surface area contributed by atoms with E-state index in [1.165, 1.54) is 16.7 Å².